The van der Waals surface area contributed by atoms with E-state index in [0.29, 0.717) is 46.1 Å². The molecule has 2 N–H and O–H groups in total. The summed E-state index contributed by atoms with van der Waals surface area (Å²) >= 11 is 0. The zero-order chi connectivity index (χ0) is 53.6. The van der Waals surface area contributed by atoms with Crippen LogP contribution in [0.2, 0.25) is 0 Å². The Kier molecular flexibility index (Phi) is 34.1. The molecule has 0 atom stereocenters. The third-order valence-corrected chi connectivity index (χ3v) is 15.6. The van der Waals surface area contributed by atoms with Gasteiger partial charge in [0, 0.05) is 6.16 Å². The average molecular weight is 1060 g/mol. The Hall–Kier alpha value is -3.39. The molecule has 0 amide bonds. The standard InChI is InChI=1S/C65H107O9P/c1-6-11-16-27-34-41-69-60-48-54-55-49-61(70-42-35-28-17-12-7-2)63(72-44-37-30-19-14-9-4)51-57(55)59-53-65(74-46-39-32-25-23-21-22-24-26-33-40-47-75(66,67)68)64(73-45-38-31-20-15-10-5)52-58(59)56(54)50-62(60)71-43-36-29-18-13-8-3/h48-53H,6-47H2,1-5H3,(H2,66,67,68). The molecule has 0 aliphatic carbocycles. The molecular weight excluding hydrogens is 956 g/mol. The van der Waals surface area contributed by atoms with Gasteiger partial charge in [-0.05, 0) is 114 Å². The van der Waals surface area contributed by atoms with Gasteiger partial charge in [-0.2, -0.15) is 0 Å². The third-order valence-electron chi connectivity index (χ3n) is 14.8. The second-order valence-corrected chi connectivity index (χ2v) is 23.4. The first-order valence-electron chi connectivity index (χ1n) is 31.1. The summed E-state index contributed by atoms with van der Waals surface area (Å²) in [5, 5.41) is 6.60. The van der Waals surface area contributed by atoms with Gasteiger partial charge in [0.15, 0.2) is 34.5 Å². The topological polar surface area (TPSA) is 113 Å². The van der Waals surface area contributed by atoms with Crippen LogP contribution in [0.3, 0.4) is 0 Å². The van der Waals surface area contributed by atoms with Crippen molar-refractivity contribution in [1.82, 2.24) is 0 Å². The zero-order valence-electron chi connectivity index (χ0n) is 48.4. The number of fused-ring (bicyclic) bond motifs is 6. The number of benzene rings is 4. The molecule has 0 radical (unpaired) electrons. The predicted octanol–water partition coefficient (Wildman–Crippen LogP) is 20.3. The molecule has 9 nitrogen and oxygen atoms in total. The van der Waals surface area contributed by atoms with Crippen molar-refractivity contribution in [3.63, 3.8) is 0 Å². The summed E-state index contributed by atoms with van der Waals surface area (Å²) in [6, 6.07) is 13.4. The number of hydrogen-bond acceptors (Lipinski definition) is 7. The maximum atomic E-state index is 11.2. The van der Waals surface area contributed by atoms with E-state index in [-0.39, 0.29) is 6.16 Å². The highest BCUT2D eigenvalue weighted by Gasteiger charge is 2.21. The van der Waals surface area contributed by atoms with Crippen molar-refractivity contribution in [2.75, 3.05) is 45.8 Å². The molecule has 0 bridgehead atoms. The fourth-order valence-corrected chi connectivity index (χ4v) is 10.8. The quantitative estimate of drug-likeness (QED) is 0.0254. The first-order chi connectivity index (χ1) is 36.7. The Morgan fingerprint density at radius 3 is 0.600 bits per heavy atom. The van der Waals surface area contributed by atoms with Crippen LogP contribution in [-0.4, -0.2) is 55.6 Å². The van der Waals surface area contributed by atoms with Gasteiger partial charge in [0.25, 0.3) is 0 Å². The van der Waals surface area contributed by atoms with Crippen LogP contribution in [0, 0.1) is 0 Å². The van der Waals surface area contributed by atoms with Crippen molar-refractivity contribution in [2.45, 2.75) is 259 Å². The lowest BCUT2D eigenvalue weighted by atomic mass is 9.93. The van der Waals surface area contributed by atoms with Crippen LogP contribution in [0.15, 0.2) is 36.4 Å². The van der Waals surface area contributed by atoms with Crippen LogP contribution in [0.1, 0.15) is 259 Å². The average Bonchev–Trinajstić information content (AvgIpc) is 3.40. The fourth-order valence-electron chi connectivity index (χ4n) is 10.1. The van der Waals surface area contributed by atoms with Gasteiger partial charge in [0.1, 0.15) is 0 Å². The Balaban J connectivity index is 1.77. The second kappa shape index (κ2) is 39.9. The summed E-state index contributed by atoms with van der Waals surface area (Å²) in [5.74, 6) is 4.78. The molecule has 0 fully saturated rings. The molecule has 10 heteroatoms. The molecule has 0 aliphatic heterocycles. The van der Waals surface area contributed by atoms with Gasteiger partial charge in [-0.1, -0.05) is 214 Å². The minimum absolute atomic E-state index is 0.00485. The summed E-state index contributed by atoms with van der Waals surface area (Å²) in [6.07, 6.45) is 39.7. The molecule has 4 aromatic carbocycles. The minimum Gasteiger partial charge on any atom is -0.490 e. The SMILES string of the molecule is CCCCCCCOc1cc2c3cc(OCCCCCCC)c(OCCCCCCC)cc3c3cc(OCCCCCCCCCCCCP(=O)(O)O)c(OCCCCCCC)cc3c2cc1OCCCCCCC. The molecule has 0 spiro atoms. The molecule has 4 rings (SSSR count). The highest BCUT2D eigenvalue weighted by Crippen LogP contribution is 2.47. The third kappa shape index (κ3) is 25.8. The Bertz CT molecular complexity index is 2100. The molecule has 0 heterocycles. The largest absolute Gasteiger partial charge is 0.490 e. The summed E-state index contributed by atoms with van der Waals surface area (Å²) < 4.78 is 51.7. The summed E-state index contributed by atoms with van der Waals surface area (Å²) in [7, 11) is -3.88. The normalized spacial score (nSPS) is 11.8. The van der Waals surface area contributed by atoms with Crippen molar-refractivity contribution in [2.24, 2.45) is 0 Å². The van der Waals surface area contributed by atoms with E-state index in [1.807, 2.05) is 0 Å². The van der Waals surface area contributed by atoms with Crippen molar-refractivity contribution in [1.29, 1.82) is 0 Å². The molecular formula is C65H107O9P. The van der Waals surface area contributed by atoms with E-state index in [1.165, 1.54) is 116 Å². The minimum atomic E-state index is -3.88. The van der Waals surface area contributed by atoms with Crippen LogP contribution in [0.5, 0.6) is 34.5 Å². The lowest BCUT2D eigenvalue weighted by molar-refractivity contribution is 0.258. The van der Waals surface area contributed by atoms with Crippen molar-refractivity contribution < 1.29 is 42.8 Å². The van der Waals surface area contributed by atoms with Gasteiger partial charge in [-0.15, -0.1) is 0 Å². The highest BCUT2D eigenvalue weighted by atomic mass is 31.2. The van der Waals surface area contributed by atoms with Gasteiger partial charge in [0.05, 0.1) is 39.6 Å². The summed E-state index contributed by atoms with van der Waals surface area (Å²) in [5.41, 5.74) is 0. The van der Waals surface area contributed by atoms with Crippen molar-refractivity contribution >= 4 is 39.9 Å². The van der Waals surface area contributed by atoms with Crippen LogP contribution in [0.25, 0.3) is 32.3 Å². The van der Waals surface area contributed by atoms with E-state index in [2.05, 4.69) is 71.0 Å². The maximum Gasteiger partial charge on any atom is 0.325 e. The molecule has 0 unspecified atom stereocenters. The first-order valence-corrected chi connectivity index (χ1v) is 32.9. The number of rotatable bonds is 49. The van der Waals surface area contributed by atoms with Gasteiger partial charge < -0.3 is 38.2 Å². The van der Waals surface area contributed by atoms with Gasteiger partial charge in [-0.3, -0.25) is 4.57 Å². The van der Waals surface area contributed by atoms with E-state index in [4.69, 9.17) is 38.2 Å². The van der Waals surface area contributed by atoms with Crippen molar-refractivity contribution in [3.8, 4) is 34.5 Å². The molecule has 0 saturated carbocycles. The van der Waals surface area contributed by atoms with Crippen LogP contribution in [0.4, 0.5) is 0 Å². The predicted molar refractivity (Wildman–Crippen MR) is 319 cm³/mol. The maximum absolute atomic E-state index is 11.2. The lowest BCUT2D eigenvalue weighted by Gasteiger charge is -2.21. The summed E-state index contributed by atoms with van der Waals surface area (Å²) in [6.45, 7) is 15.2. The van der Waals surface area contributed by atoms with Crippen molar-refractivity contribution in [3.05, 3.63) is 36.4 Å². The van der Waals surface area contributed by atoms with E-state index < -0.39 is 7.60 Å². The molecule has 0 aromatic heterocycles. The highest BCUT2D eigenvalue weighted by molar-refractivity contribution is 7.51. The smallest absolute Gasteiger partial charge is 0.325 e. The molecule has 4 aromatic rings. The molecule has 0 saturated heterocycles. The number of ether oxygens (including phenoxy) is 6. The fraction of sp³-hybridized carbons (Fsp3) is 0.723. The van der Waals surface area contributed by atoms with Crippen LogP contribution in [-0.2, 0) is 4.57 Å². The Morgan fingerprint density at radius 2 is 0.427 bits per heavy atom. The second-order valence-electron chi connectivity index (χ2n) is 21.6. The van der Waals surface area contributed by atoms with Gasteiger partial charge >= 0.3 is 7.60 Å². The van der Waals surface area contributed by atoms with Crippen LogP contribution < -0.4 is 28.4 Å². The van der Waals surface area contributed by atoms with E-state index in [9.17, 15) is 4.57 Å². The molecule has 0 aliphatic rings. The zero-order valence-corrected chi connectivity index (χ0v) is 49.3. The van der Waals surface area contributed by atoms with E-state index in [1.54, 1.807) is 0 Å². The van der Waals surface area contributed by atoms with Crippen LogP contribution >= 0.6 is 7.60 Å². The molecule has 75 heavy (non-hydrogen) atoms. The summed E-state index contributed by atoms with van der Waals surface area (Å²) in [4.78, 5) is 18.3. The van der Waals surface area contributed by atoms with E-state index >= 15 is 0 Å². The Labute approximate surface area is 456 Å². The molecule has 426 valence electrons. The first kappa shape index (κ1) is 64.1. The van der Waals surface area contributed by atoms with Gasteiger partial charge in [-0.25, -0.2) is 0 Å². The number of hydrogen-bond donors (Lipinski definition) is 2. The lowest BCUT2D eigenvalue weighted by Crippen LogP contribution is -2.05. The Morgan fingerprint density at radius 1 is 0.267 bits per heavy atom. The number of unbranched alkanes of at least 4 members (excludes halogenated alkanes) is 29. The van der Waals surface area contributed by atoms with E-state index in [0.717, 1.165) is 170 Å². The van der Waals surface area contributed by atoms with Gasteiger partial charge in [0.2, 0.25) is 0 Å². The monoisotopic (exact) mass is 1060 g/mol.